The van der Waals surface area contributed by atoms with Gasteiger partial charge in [0.05, 0.1) is 6.26 Å². The number of nitrogens with zero attached hydrogens (tertiary/aromatic N) is 1. The molecule has 0 aromatic heterocycles. The van der Waals surface area contributed by atoms with Crippen molar-refractivity contribution in [3.05, 3.63) is 12.2 Å². The van der Waals surface area contributed by atoms with Crippen molar-refractivity contribution >= 4 is 15.9 Å². The molecular weight excluding hydrogens is 264 g/mol. The quantitative estimate of drug-likeness (QED) is 0.783. The fourth-order valence-corrected chi connectivity index (χ4v) is 3.65. The molecule has 1 amide bonds. The molecule has 1 aliphatic heterocycles. The van der Waals surface area contributed by atoms with Crippen LogP contribution in [0.15, 0.2) is 12.2 Å². The minimum atomic E-state index is -3.20. The number of amides is 1. The predicted molar refractivity (Wildman–Crippen MR) is 74.1 cm³/mol. The number of carbonyl (C=O) groups is 1. The van der Waals surface area contributed by atoms with Crippen molar-refractivity contribution in [2.45, 2.75) is 38.1 Å². The van der Waals surface area contributed by atoms with Gasteiger partial charge in [-0.25, -0.2) is 13.1 Å². The average Bonchev–Trinajstić information content (AvgIpc) is 2.37. The van der Waals surface area contributed by atoms with Crippen molar-refractivity contribution in [3.63, 3.8) is 0 Å². The molecule has 2 rings (SSSR count). The van der Waals surface area contributed by atoms with Gasteiger partial charge in [-0.2, -0.15) is 0 Å². The molecule has 6 heteroatoms. The highest BCUT2D eigenvalue weighted by atomic mass is 32.2. The SMILES string of the molecule is CS(=O)(=O)N[C@@H]1CCCN(C(=O)[C@H]2CC=CCC2)C1. The summed E-state index contributed by atoms with van der Waals surface area (Å²) in [4.78, 5) is 14.2. The van der Waals surface area contributed by atoms with E-state index in [1.54, 1.807) is 0 Å². The molecule has 0 saturated carbocycles. The van der Waals surface area contributed by atoms with E-state index < -0.39 is 10.0 Å². The second kappa shape index (κ2) is 6.05. The van der Waals surface area contributed by atoms with Crippen LogP contribution in [0.5, 0.6) is 0 Å². The van der Waals surface area contributed by atoms with Gasteiger partial charge in [-0.3, -0.25) is 4.79 Å². The molecule has 2 aliphatic rings. The molecule has 0 radical (unpaired) electrons. The monoisotopic (exact) mass is 286 g/mol. The van der Waals surface area contributed by atoms with Gasteiger partial charge in [0.25, 0.3) is 0 Å². The normalized spacial score (nSPS) is 28.4. The standard InChI is InChI=1S/C13H22N2O3S/c1-19(17,18)14-12-8-5-9-15(10-12)13(16)11-6-3-2-4-7-11/h2-3,11-12,14H,4-10H2,1H3/t11-,12+/m0/s1. The van der Waals surface area contributed by atoms with Gasteiger partial charge in [0, 0.05) is 25.0 Å². The van der Waals surface area contributed by atoms with Gasteiger partial charge in [0.15, 0.2) is 0 Å². The number of carbonyl (C=O) groups excluding carboxylic acids is 1. The molecule has 0 aromatic carbocycles. The lowest BCUT2D eigenvalue weighted by atomic mass is 9.92. The predicted octanol–water partition coefficient (Wildman–Crippen LogP) is 0.883. The van der Waals surface area contributed by atoms with E-state index >= 15 is 0 Å². The first kappa shape index (κ1) is 14.5. The molecule has 0 bridgehead atoms. The molecule has 2 atom stereocenters. The first-order valence-electron chi connectivity index (χ1n) is 6.87. The minimum absolute atomic E-state index is 0.0852. The van der Waals surface area contributed by atoms with Gasteiger partial charge in [0.1, 0.15) is 0 Å². The van der Waals surface area contributed by atoms with Crippen molar-refractivity contribution in [2.24, 2.45) is 5.92 Å². The Morgan fingerprint density at radius 2 is 2.11 bits per heavy atom. The maximum Gasteiger partial charge on any atom is 0.226 e. The molecule has 1 heterocycles. The topological polar surface area (TPSA) is 66.5 Å². The summed E-state index contributed by atoms with van der Waals surface area (Å²) in [6, 6.07) is -0.133. The van der Waals surface area contributed by atoms with E-state index in [0.717, 1.165) is 38.6 Å². The van der Waals surface area contributed by atoms with Crippen molar-refractivity contribution in [2.75, 3.05) is 19.3 Å². The smallest absolute Gasteiger partial charge is 0.226 e. The summed E-state index contributed by atoms with van der Waals surface area (Å²) < 4.78 is 25.1. The van der Waals surface area contributed by atoms with E-state index in [1.165, 1.54) is 6.26 Å². The molecule has 5 nitrogen and oxygen atoms in total. The molecule has 1 fully saturated rings. The lowest BCUT2D eigenvalue weighted by molar-refractivity contribution is -0.137. The highest BCUT2D eigenvalue weighted by Crippen LogP contribution is 2.22. The number of likely N-dealkylation sites (tertiary alicyclic amines) is 1. The zero-order valence-corrected chi connectivity index (χ0v) is 12.2. The highest BCUT2D eigenvalue weighted by molar-refractivity contribution is 7.88. The second-order valence-corrected chi connectivity index (χ2v) is 7.27. The Bertz CT molecular complexity index is 459. The van der Waals surface area contributed by atoms with E-state index in [2.05, 4.69) is 16.9 Å². The van der Waals surface area contributed by atoms with Gasteiger partial charge < -0.3 is 4.90 Å². The number of rotatable bonds is 3. The number of nitrogens with one attached hydrogen (secondary N) is 1. The molecule has 0 aromatic rings. The fourth-order valence-electron chi connectivity index (χ4n) is 2.85. The largest absolute Gasteiger partial charge is 0.341 e. The van der Waals surface area contributed by atoms with Gasteiger partial charge in [0.2, 0.25) is 15.9 Å². The molecule has 108 valence electrons. The third-order valence-electron chi connectivity index (χ3n) is 3.73. The molecular formula is C13H22N2O3S. The second-order valence-electron chi connectivity index (χ2n) is 5.49. The number of piperidine rings is 1. The van der Waals surface area contributed by atoms with Crippen LogP contribution in [0, 0.1) is 5.92 Å². The first-order chi connectivity index (χ1) is 8.96. The Morgan fingerprint density at radius 3 is 2.74 bits per heavy atom. The number of allylic oxidation sites excluding steroid dienone is 2. The summed E-state index contributed by atoms with van der Waals surface area (Å²) in [5, 5.41) is 0. The van der Waals surface area contributed by atoms with Crippen molar-refractivity contribution in [1.82, 2.24) is 9.62 Å². The molecule has 19 heavy (non-hydrogen) atoms. The molecule has 1 aliphatic carbocycles. The van der Waals surface area contributed by atoms with Crippen molar-refractivity contribution in [3.8, 4) is 0 Å². The van der Waals surface area contributed by atoms with Gasteiger partial charge >= 0.3 is 0 Å². The zero-order valence-electron chi connectivity index (χ0n) is 11.3. The van der Waals surface area contributed by atoms with E-state index in [-0.39, 0.29) is 17.9 Å². The van der Waals surface area contributed by atoms with Crippen molar-refractivity contribution < 1.29 is 13.2 Å². The van der Waals surface area contributed by atoms with Crippen molar-refractivity contribution in [1.29, 1.82) is 0 Å². The van der Waals surface area contributed by atoms with E-state index in [9.17, 15) is 13.2 Å². The Balaban J connectivity index is 1.93. The van der Waals surface area contributed by atoms with Crippen LogP contribution in [0.4, 0.5) is 0 Å². The average molecular weight is 286 g/mol. The van der Waals surface area contributed by atoms with E-state index in [1.807, 2.05) is 4.90 Å². The van der Waals surface area contributed by atoms with Crippen LogP contribution in [-0.2, 0) is 14.8 Å². The van der Waals surface area contributed by atoms with Crippen LogP contribution in [0.25, 0.3) is 0 Å². The molecule has 0 unspecified atom stereocenters. The molecule has 1 saturated heterocycles. The van der Waals surface area contributed by atoms with Crippen LogP contribution >= 0.6 is 0 Å². The van der Waals surface area contributed by atoms with Crippen LogP contribution in [0.3, 0.4) is 0 Å². The molecule has 1 N–H and O–H groups in total. The minimum Gasteiger partial charge on any atom is -0.341 e. The lowest BCUT2D eigenvalue weighted by Crippen LogP contribution is -2.50. The Labute approximate surface area is 115 Å². The summed E-state index contributed by atoms with van der Waals surface area (Å²) in [6.45, 7) is 1.26. The van der Waals surface area contributed by atoms with Gasteiger partial charge in [-0.1, -0.05) is 12.2 Å². The summed E-state index contributed by atoms with van der Waals surface area (Å²) in [6.07, 6.45) is 9.73. The number of hydrogen-bond donors (Lipinski definition) is 1. The lowest BCUT2D eigenvalue weighted by Gasteiger charge is -2.35. The van der Waals surface area contributed by atoms with Gasteiger partial charge in [-0.05, 0) is 32.1 Å². The fraction of sp³-hybridized carbons (Fsp3) is 0.769. The van der Waals surface area contributed by atoms with Crippen LogP contribution in [0.2, 0.25) is 0 Å². The Kier molecular flexibility index (Phi) is 4.62. The summed E-state index contributed by atoms with van der Waals surface area (Å²) in [5.74, 6) is 0.270. The maximum atomic E-state index is 12.4. The van der Waals surface area contributed by atoms with Gasteiger partial charge in [-0.15, -0.1) is 0 Å². The third kappa shape index (κ3) is 4.31. The summed E-state index contributed by atoms with van der Waals surface area (Å²) in [7, 11) is -3.20. The summed E-state index contributed by atoms with van der Waals surface area (Å²) in [5.41, 5.74) is 0. The Morgan fingerprint density at radius 1 is 1.32 bits per heavy atom. The van der Waals surface area contributed by atoms with Crippen LogP contribution in [0.1, 0.15) is 32.1 Å². The van der Waals surface area contributed by atoms with E-state index in [0.29, 0.717) is 6.54 Å². The molecule has 0 spiro atoms. The van der Waals surface area contributed by atoms with Crippen LogP contribution < -0.4 is 4.72 Å². The number of hydrogen-bond acceptors (Lipinski definition) is 3. The van der Waals surface area contributed by atoms with Crippen LogP contribution in [-0.4, -0.2) is 44.6 Å². The summed E-state index contributed by atoms with van der Waals surface area (Å²) >= 11 is 0. The maximum absolute atomic E-state index is 12.4. The Hall–Kier alpha value is -0.880. The zero-order chi connectivity index (χ0) is 13.9. The number of sulfonamides is 1. The van der Waals surface area contributed by atoms with E-state index in [4.69, 9.17) is 0 Å². The first-order valence-corrected chi connectivity index (χ1v) is 8.76. The third-order valence-corrected chi connectivity index (χ3v) is 4.49. The highest BCUT2D eigenvalue weighted by Gasteiger charge is 2.29.